The zero-order valence-electron chi connectivity index (χ0n) is 19.7. The van der Waals surface area contributed by atoms with Gasteiger partial charge in [0.1, 0.15) is 11.8 Å². The zero-order chi connectivity index (χ0) is 24.1. The van der Waals surface area contributed by atoms with Gasteiger partial charge in [0.05, 0.1) is 18.7 Å². The van der Waals surface area contributed by atoms with Crippen molar-refractivity contribution in [1.29, 1.82) is 0 Å². The normalized spacial score (nSPS) is 15.9. The molecule has 1 aliphatic heterocycles. The van der Waals surface area contributed by atoms with Crippen LogP contribution in [0, 0.1) is 0 Å². The summed E-state index contributed by atoms with van der Waals surface area (Å²) in [6.45, 7) is 7.77. The van der Waals surface area contributed by atoms with Gasteiger partial charge in [0.2, 0.25) is 11.8 Å². The Morgan fingerprint density at radius 1 is 1.15 bits per heavy atom. The number of rotatable bonds is 8. The highest BCUT2D eigenvalue weighted by molar-refractivity contribution is 6.32. The van der Waals surface area contributed by atoms with Crippen LogP contribution >= 0.6 is 11.6 Å². The third-order valence-electron chi connectivity index (χ3n) is 5.91. The number of hydrogen-bond acceptors (Lipinski definition) is 7. The second-order valence-corrected chi connectivity index (χ2v) is 9.07. The predicted octanol–water partition coefficient (Wildman–Crippen LogP) is 4.35. The van der Waals surface area contributed by atoms with Crippen molar-refractivity contribution >= 4 is 23.2 Å². The maximum absolute atomic E-state index is 13.4. The Labute approximate surface area is 204 Å². The number of methoxy groups -OCH3 is 1. The van der Waals surface area contributed by atoms with E-state index in [4.69, 9.17) is 20.9 Å². The van der Waals surface area contributed by atoms with Crippen molar-refractivity contribution in [3.63, 3.8) is 0 Å². The van der Waals surface area contributed by atoms with Gasteiger partial charge in [0.25, 0.3) is 0 Å². The predicted molar refractivity (Wildman–Crippen MR) is 131 cm³/mol. The van der Waals surface area contributed by atoms with Crippen molar-refractivity contribution in [2.75, 3.05) is 38.6 Å². The monoisotopic (exact) mass is 483 g/mol. The molecule has 0 saturated carbocycles. The Bertz CT molecular complexity index is 1100. The molecule has 0 bridgehead atoms. The first kappa shape index (κ1) is 24.2. The number of amides is 1. The third kappa shape index (κ3) is 5.75. The molecule has 1 fully saturated rings. The molecule has 0 radical (unpaired) electrons. The van der Waals surface area contributed by atoms with E-state index in [1.807, 2.05) is 44.2 Å². The molecule has 8 nitrogen and oxygen atoms in total. The number of carbonyl (C=O) groups is 1. The van der Waals surface area contributed by atoms with Crippen molar-refractivity contribution in [1.82, 2.24) is 19.9 Å². The number of hydrogen-bond donors (Lipinski definition) is 1. The fourth-order valence-electron chi connectivity index (χ4n) is 4.06. The molecule has 0 aliphatic carbocycles. The first-order valence-electron chi connectivity index (χ1n) is 11.4. The maximum Gasteiger partial charge on any atom is 0.246 e. The maximum atomic E-state index is 13.4. The highest BCUT2D eigenvalue weighted by atomic mass is 35.5. The number of benzene rings is 2. The van der Waals surface area contributed by atoms with Gasteiger partial charge in [-0.05, 0) is 23.8 Å². The molecule has 1 saturated heterocycles. The Kier molecular flexibility index (Phi) is 7.82. The minimum atomic E-state index is -0.417. The fourth-order valence-corrected chi connectivity index (χ4v) is 4.31. The lowest BCUT2D eigenvalue weighted by molar-refractivity contribution is -0.122. The zero-order valence-corrected chi connectivity index (χ0v) is 20.5. The molecular formula is C25H30ClN5O3. The lowest BCUT2D eigenvalue weighted by Gasteiger charge is -2.38. The molecule has 9 heteroatoms. The summed E-state index contributed by atoms with van der Waals surface area (Å²) < 4.78 is 10.6. The summed E-state index contributed by atoms with van der Waals surface area (Å²) in [6.07, 6.45) is 0. The molecule has 1 unspecified atom stereocenters. The Hall–Kier alpha value is -2.94. The van der Waals surface area contributed by atoms with Gasteiger partial charge < -0.3 is 14.6 Å². The van der Waals surface area contributed by atoms with Crippen LogP contribution in [0.25, 0.3) is 0 Å². The average Bonchev–Trinajstić information content (AvgIpc) is 3.30. The molecule has 1 aromatic heterocycles. The van der Waals surface area contributed by atoms with Gasteiger partial charge in [-0.2, -0.15) is 4.98 Å². The van der Waals surface area contributed by atoms with Gasteiger partial charge in [-0.1, -0.05) is 60.9 Å². The van der Waals surface area contributed by atoms with Crippen molar-refractivity contribution < 1.29 is 14.1 Å². The molecule has 2 heterocycles. The van der Waals surface area contributed by atoms with Crippen molar-refractivity contribution in [3.8, 4) is 5.75 Å². The van der Waals surface area contributed by atoms with E-state index in [9.17, 15) is 4.79 Å². The summed E-state index contributed by atoms with van der Waals surface area (Å²) in [7, 11) is 1.56. The van der Waals surface area contributed by atoms with E-state index in [-0.39, 0.29) is 11.8 Å². The molecule has 4 rings (SSSR count). The van der Waals surface area contributed by atoms with Crippen LogP contribution in [0.15, 0.2) is 53.1 Å². The van der Waals surface area contributed by atoms with E-state index in [0.29, 0.717) is 28.9 Å². The Morgan fingerprint density at radius 3 is 2.50 bits per heavy atom. The highest BCUT2D eigenvalue weighted by Gasteiger charge is 2.31. The summed E-state index contributed by atoms with van der Waals surface area (Å²) >= 11 is 6.25. The number of nitrogens with one attached hydrogen (secondary N) is 1. The van der Waals surface area contributed by atoms with Crippen LogP contribution in [0.1, 0.15) is 43.1 Å². The molecular weight excluding hydrogens is 454 g/mol. The van der Waals surface area contributed by atoms with E-state index in [2.05, 4.69) is 25.3 Å². The molecule has 1 atom stereocenters. The minimum absolute atomic E-state index is 0.0978. The smallest absolute Gasteiger partial charge is 0.246 e. The summed E-state index contributed by atoms with van der Waals surface area (Å²) in [4.78, 5) is 22.4. The SMILES string of the molecule is COc1ccc(NC(=O)C(c2ccccc2)N2CCN(Cc3nc(C(C)C)no3)CC2)cc1Cl. The molecule has 34 heavy (non-hydrogen) atoms. The van der Waals surface area contributed by atoms with Crippen molar-refractivity contribution in [3.05, 3.63) is 70.8 Å². The molecule has 0 spiro atoms. The van der Waals surface area contributed by atoms with Crippen LogP contribution in [0.5, 0.6) is 5.75 Å². The second kappa shape index (κ2) is 11.0. The molecule has 2 aromatic carbocycles. The quantitative estimate of drug-likeness (QED) is 0.509. The largest absolute Gasteiger partial charge is 0.495 e. The number of piperazine rings is 1. The number of nitrogens with zero attached hydrogens (tertiary/aromatic N) is 4. The van der Waals surface area contributed by atoms with Gasteiger partial charge >= 0.3 is 0 Å². The molecule has 1 amide bonds. The number of aromatic nitrogens is 2. The van der Waals surface area contributed by atoms with Gasteiger partial charge in [-0.15, -0.1) is 0 Å². The van der Waals surface area contributed by atoms with E-state index < -0.39 is 6.04 Å². The average molecular weight is 484 g/mol. The molecule has 1 aliphatic rings. The summed E-state index contributed by atoms with van der Waals surface area (Å²) in [5.74, 6) is 2.07. The van der Waals surface area contributed by atoms with Crippen LogP contribution < -0.4 is 10.1 Å². The number of carbonyl (C=O) groups excluding carboxylic acids is 1. The number of halogens is 1. The molecule has 180 valence electrons. The van der Waals surface area contributed by atoms with Gasteiger partial charge in [0, 0.05) is 37.8 Å². The third-order valence-corrected chi connectivity index (χ3v) is 6.21. The van der Waals surface area contributed by atoms with Crippen LogP contribution in [-0.4, -0.2) is 59.1 Å². The fraction of sp³-hybridized carbons (Fsp3) is 0.400. The first-order valence-corrected chi connectivity index (χ1v) is 11.8. The minimum Gasteiger partial charge on any atom is -0.495 e. The van der Waals surface area contributed by atoms with Crippen LogP contribution in [0.3, 0.4) is 0 Å². The van der Waals surface area contributed by atoms with E-state index in [1.54, 1.807) is 25.3 Å². The van der Waals surface area contributed by atoms with Crippen LogP contribution in [0.2, 0.25) is 5.02 Å². The second-order valence-electron chi connectivity index (χ2n) is 8.66. The summed E-state index contributed by atoms with van der Waals surface area (Å²) in [5, 5.41) is 7.53. The lowest BCUT2D eigenvalue weighted by Crippen LogP contribution is -2.49. The van der Waals surface area contributed by atoms with Gasteiger partial charge in [-0.3, -0.25) is 14.6 Å². The number of ether oxygens (including phenoxy) is 1. The Balaban J connectivity index is 1.44. The first-order chi connectivity index (χ1) is 16.4. The van der Waals surface area contributed by atoms with Crippen LogP contribution in [-0.2, 0) is 11.3 Å². The highest BCUT2D eigenvalue weighted by Crippen LogP contribution is 2.29. The Morgan fingerprint density at radius 2 is 1.88 bits per heavy atom. The van der Waals surface area contributed by atoms with Gasteiger partial charge in [0.15, 0.2) is 5.82 Å². The number of anilines is 1. The summed E-state index contributed by atoms with van der Waals surface area (Å²) in [5.41, 5.74) is 1.58. The van der Waals surface area contributed by atoms with E-state index in [0.717, 1.165) is 37.6 Å². The van der Waals surface area contributed by atoms with Crippen molar-refractivity contribution in [2.45, 2.75) is 32.4 Å². The topological polar surface area (TPSA) is 83.7 Å². The van der Waals surface area contributed by atoms with Crippen LogP contribution in [0.4, 0.5) is 5.69 Å². The van der Waals surface area contributed by atoms with E-state index >= 15 is 0 Å². The van der Waals surface area contributed by atoms with E-state index in [1.165, 1.54) is 0 Å². The van der Waals surface area contributed by atoms with Crippen molar-refractivity contribution in [2.24, 2.45) is 0 Å². The molecule has 3 aromatic rings. The summed E-state index contributed by atoms with van der Waals surface area (Å²) in [6, 6.07) is 14.7. The lowest BCUT2D eigenvalue weighted by atomic mass is 10.0. The molecule has 1 N–H and O–H groups in total. The van der Waals surface area contributed by atoms with Gasteiger partial charge in [-0.25, -0.2) is 0 Å². The standard InChI is InChI=1S/C25H30ClN5O3/c1-17(2)24-28-22(34-29-24)16-30-11-13-31(14-12-30)23(18-7-5-4-6-8-18)25(32)27-19-9-10-21(33-3)20(26)15-19/h4-10,15,17,23H,11-14,16H2,1-3H3,(H,27,32).